The van der Waals surface area contributed by atoms with Gasteiger partial charge in [-0.2, -0.15) is 0 Å². The van der Waals surface area contributed by atoms with E-state index in [0.29, 0.717) is 0 Å². The molecule has 1 aliphatic rings. The fraction of sp³-hybridized carbons (Fsp3) is 0.667. The Kier molecular flexibility index (Phi) is 2.42. The predicted octanol–water partition coefficient (Wildman–Crippen LogP) is 1.67. The Balaban J connectivity index is 2.49. The molecule has 2 nitrogen and oxygen atoms in total. The van der Waals surface area contributed by atoms with E-state index >= 15 is 0 Å². The van der Waals surface area contributed by atoms with Crippen molar-refractivity contribution in [3.8, 4) is 0 Å². The lowest BCUT2D eigenvalue weighted by molar-refractivity contribution is 0.573. The summed E-state index contributed by atoms with van der Waals surface area (Å²) in [4.78, 5) is 0. The minimum absolute atomic E-state index is 1.02. The fourth-order valence-corrected chi connectivity index (χ4v) is 1.61. The maximum absolute atomic E-state index is 10.2. The quantitative estimate of drug-likeness (QED) is 0.571. The highest BCUT2D eigenvalue weighted by Gasteiger charge is 2.06. The lowest BCUT2D eigenvalue weighted by atomic mass is 10.3. The molecule has 0 aromatic carbocycles. The molecule has 0 aliphatic heterocycles. The van der Waals surface area contributed by atoms with Gasteiger partial charge in [-0.05, 0) is 25.7 Å². The van der Waals surface area contributed by atoms with E-state index in [1.165, 1.54) is 18.2 Å². The van der Waals surface area contributed by atoms with Crippen molar-refractivity contribution in [2.45, 2.75) is 25.7 Å². The molecule has 1 aliphatic carbocycles. The van der Waals surface area contributed by atoms with Gasteiger partial charge >= 0.3 is 0 Å². The van der Waals surface area contributed by atoms with Gasteiger partial charge in [0.15, 0.2) is 11.1 Å². The molecule has 3 heteroatoms. The Hall–Kier alpha value is -0.150. The molecule has 52 valence electrons. The van der Waals surface area contributed by atoms with Crippen LogP contribution in [0.15, 0.2) is 11.0 Å². The first-order chi connectivity index (χ1) is 4.29. The second kappa shape index (κ2) is 3.13. The standard InChI is InChI=1S/C6H10O2S/c7-9(8)5-6-3-1-2-4-6/h5H,1-4H2,(H,7,8). The molecule has 1 rings (SSSR count). The summed E-state index contributed by atoms with van der Waals surface area (Å²) in [6.45, 7) is 0. The van der Waals surface area contributed by atoms with Crippen LogP contribution in [-0.2, 0) is 11.1 Å². The van der Waals surface area contributed by atoms with Crippen LogP contribution in [-0.4, -0.2) is 8.76 Å². The van der Waals surface area contributed by atoms with Crippen molar-refractivity contribution in [3.05, 3.63) is 11.0 Å². The molecular formula is C6H10O2S. The van der Waals surface area contributed by atoms with Crippen LogP contribution in [0.2, 0.25) is 0 Å². The Morgan fingerprint density at radius 1 is 1.44 bits per heavy atom. The van der Waals surface area contributed by atoms with Crippen molar-refractivity contribution >= 4 is 11.1 Å². The van der Waals surface area contributed by atoms with Crippen LogP contribution in [0.5, 0.6) is 0 Å². The SMILES string of the molecule is O=S(O)C=C1CCCC1. The van der Waals surface area contributed by atoms with E-state index in [0.717, 1.165) is 18.4 Å². The Labute approximate surface area is 57.2 Å². The van der Waals surface area contributed by atoms with Crippen LogP contribution in [0, 0.1) is 0 Å². The van der Waals surface area contributed by atoms with Gasteiger partial charge in [0.05, 0.1) is 0 Å². The lowest BCUT2D eigenvalue weighted by Crippen LogP contribution is -1.80. The summed E-state index contributed by atoms with van der Waals surface area (Å²) in [5, 5.41) is 1.45. The van der Waals surface area contributed by atoms with Gasteiger partial charge in [-0.25, -0.2) is 4.21 Å². The molecule has 0 radical (unpaired) electrons. The van der Waals surface area contributed by atoms with Gasteiger partial charge in [0.1, 0.15) is 0 Å². The van der Waals surface area contributed by atoms with Crippen molar-refractivity contribution < 1.29 is 8.76 Å². The summed E-state index contributed by atoms with van der Waals surface area (Å²) in [6.07, 6.45) is 4.41. The number of hydrogen-bond donors (Lipinski definition) is 1. The highest BCUT2D eigenvalue weighted by molar-refractivity contribution is 7.82. The number of rotatable bonds is 1. The van der Waals surface area contributed by atoms with Crippen LogP contribution >= 0.6 is 0 Å². The first kappa shape index (κ1) is 6.96. The van der Waals surface area contributed by atoms with Gasteiger partial charge in [0.25, 0.3) is 0 Å². The molecule has 1 unspecified atom stereocenters. The monoisotopic (exact) mass is 146 g/mol. The zero-order chi connectivity index (χ0) is 6.69. The van der Waals surface area contributed by atoms with Crippen molar-refractivity contribution in [1.82, 2.24) is 0 Å². The molecule has 0 spiro atoms. The minimum Gasteiger partial charge on any atom is -0.303 e. The smallest absolute Gasteiger partial charge is 0.178 e. The van der Waals surface area contributed by atoms with Gasteiger partial charge in [-0.15, -0.1) is 0 Å². The van der Waals surface area contributed by atoms with E-state index < -0.39 is 11.1 Å². The summed E-state index contributed by atoms with van der Waals surface area (Å²) < 4.78 is 18.6. The van der Waals surface area contributed by atoms with E-state index in [4.69, 9.17) is 4.55 Å². The largest absolute Gasteiger partial charge is 0.303 e. The molecule has 1 atom stereocenters. The summed E-state index contributed by atoms with van der Waals surface area (Å²) in [7, 11) is 0. The van der Waals surface area contributed by atoms with Crippen LogP contribution in [0.3, 0.4) is 0 Å². The van der Waals surface area contributed by atoms with E-state index in [1.54, 1.807) is 0 Å². The van der Waals surface area contributed by atoms with E-state index in [1.807, 2.05) is 0 Å². The highest BCUT2D eigenvalue weighted by atomic mass is 32.2. The van der Waals surface area contributed by atoms with Crippen molar-refractivity contribution in [2.24, 2.45) is 0 Å². The topological polar surface area (TPSA) is 37.3 Å². The van der Waals surface area contributed by atoms with Gasteiger partial charge < -0.3 is 4.55 Å². The molecule has 9 heavy (non-hydrogen) atoms. The normalized spacial score (nSPS) is 22.1. The third kappa shape index (κ3) is 2.28. The van der Waals surface area contributed by atoms with E-state index in [9.17, 15) is 4.21 Å². The average molecular weight is 146 g/mol. The number of allylic oxidation sites excluding steroid dienone is 1. The second-order valence-electron chi connectivity index (χ2n) is 2.26. The van der Waals surface area contributed by atoms with Gasteiger partial charge in [-0.3, -0.25) is 0 Å². The second-order valence-corrected chi connectivity index (χ2v) is 3.05. The molecule has 0 heterocycles. The fourth-order valence-electron chi connectivity index (χ4n) is 1.09. The zero-order valence-electron chi connectivity index (χ0n) is 5.17. The molecule has 0 aromatic heterocycles. The Morgan fingerprint density at radius 3 is 2.44 bits per heavy atom. The molecule has 0 amide bonds. The first-order valence-corrected chi connectivity index (χ1v) is 4.25. The Morgan fingerprint density at radius 2 is 2.00 bits per heavy atom. The maximum Gasteiger partial charge on any atom is 0.178 e. The van der Waals surface area contributed by atoms with Crippen molar-refractivity contribution in [3.63, 3.8) is 0 Å². The minimum atomic E-state index is -1.72. The van der Waals surface area contributed by atoms with Crippen LogP contribution in [0.25, 0.3) is 0 Å². The average Bonchev–Trinajstić information content (AvgIpc) is 2.15. The molecule has 1 fully saturated rings. The predicted molar refractivity (Wildman–Crippen MR) is 37.3 cm³/mol. The molecule has 1 saturated carbocycles. The van der Waals surface area contributed by atoms with Crippen LogP contribution < -0.4 is 0 Å². The van der Waals surface area contributed by atoms with E-state index in [2.05, 4.69) is 0 Å². The van der Waals surface area contributed by atoms with E-state index in [-0.39, 0.29) is 0 Å². The third-order valence-corrected chi connectivity index (χ3v) is 2.05. The molecule has 0 aromatic rings. The summed E-state index contributed by atoms with van der Waals surface area (Å²) in [5.41, 5.74) is 1.15. The van der Waals surface area contributed by atoms with Crippen molar-refractivity contribution in [2.75, 3.05) is 0 Å². The van der Waals surface area contributed by atoms with Crippen molar-refractivity contribution in [1.29, 1.82) is 0 Å². The van der Waals surface area contributed by atoms with Crippen LogP contribution in [0.1, 0.15) is 25.7 Å². The van der Waals surface area contributed by atoms with Gasteiger partial charge in [-0.1, -0.05) is 5.57 Å². The number of hydrogen-bond acceptors (Lipinski definition) is 1. The molecule has 0 bridgehead atoms. The van der Waals surface area contributed by atoms with Crippen LogP contribution in [0.4, 0.5) is 0 Å². The van der Waals surface area contributed by atoms with Gasteiger partial charge in [0.2, 0.25) is 0 Å². The highest BCUT2D eigenvalue weighted by Crippen LogP contribution is 2.23. The third-order valence-electron chi connectivity index (χ3n) is 1.51. The van der Waals surface area contributed by atoms with Gasteiger partial charge in [0, 0.05) is 5.41 Å². The lowest BCUT2D eigenvalue weighted by Gasteiger charge is -1.88. The first-order valence-electron chi connectivity index (χ1n) is 3.08. The summed E-state index contributed by atoms with van der Waals surface area (Å²) in [6, 6.07) is 0. The summed E-state index contributed by atoms with van der Waals surface area (Å²) in [5.74, 6) is 0. The molecule has 1 N–H and O–H groups in total. The Bertz CT molecular complexity index is 143. The zero-order valence-corrected chi connectivity index (χ0v) is 5.99. The molecular weight excluding hydrogens is 136 g/mol. The summed E-state index contributed by atoms with van der Waals surface area (Å²) >= 11 is -1.72. The molecule has 0 saturated heterocycles. The maximum atomic E-state index is 10.2.